The molecule has 2 fully saturated rings. The van der Waals surface area contributed by atoms with Crippen molar-refractivity contribution in [2.24, 2.45) is 17.8 Å². The Morgan fingerprint density at radius 3 is 2.53 bits per heavy atom. The average molecular weight is 806 g/mol. The van der Waals surface area contributed by atoms with E-state index < -0.39 is 17.7 Å². The van der Waals surface area contributed by atoms with E-state index in [0.717, 1.165) is 86.4 Å². The summed E-state index contributed by atoms with van der Waals surface area (Å²) >= 11 is 0. The van der Waals surface area contributed by atoms with Crippen LogP contribution >= 0.6 is 0 Å². The number of rotatable bonds is 9. The molecule has 6 atom stereocenters. The number of benzene rings is 3. The minimum Gasteiger partial charge on any atom is -0.488 e. The minimum atomic E-state index is -0.693. The number of imidazole rings is 2. The van der Waals surface area contributed by atoms with E-state index >= 15 is 0 Å². The fourth-order valence-electron chi connectivity index (χ4n) is 8.95. The molecule has 8 rings (SSSR count). The van der Waals surface area contributed by atoms with Crippen LogP contribution in [0.4, 0.5) is 9.59 Å². The number of methoxy groups -OCH3 is 2. The maximum absolute atomic E-state index is 13.9. The van der Waals surface area contributed by atoms with Crippen molar-refractivity contribution in [3.63, 3.8) is 0 Å². The van der Waals surface area contributed by atoms with Crippen molar-refractivity contribution in [2.45, 2.75) is 91.1 Å². The Morgan fingerprint density at radius 1 is 0.983 bits per heavy atom. The van der Waals surface area contributed by atoms with E-state index in [2.05, 4.69) is 58.6 Å². The smallest absolute Gasteiger partial charge is 0.410 e. The predicted molar refractivity (Wildman–Crippen MR) is 224 cm³/mol. The van der Waals surface area contributed by atoms with E-state index in [4.69, 9.17) is 28.9 Å². The van der Waals surface area contributed by atoms with Gasteiger partial charge in [-0.15, -0.1) is 0 Å². The maximum Gasteiger partial charge on any atom is 0.410 e. The molecule has 0 spiro atoms. The van der Waals surface area contributed by atoms with Crippen molar-refractivity contribution < 1.29 is 33.3 Å². The number of aromatic nitrogens is 4. The Bertz CT molecular complexity index is 2400. The first-order chi connectivity index (χ1) is 28.2. The molecule has 2 saturated heterocycles. The van der Waals surface area contributed by atoms with Crippen LogP contribution in [-0.2, 0) is 25.6 Å². The molecule has 0 aliphatic carbocycles. The number of hydrogen-bond donors (Lipinski definition) is 3. The summed E-state index contributed by atoms with van der Waals surface area (Å²) in [6, 6.07) is 13.5. The number of hydrogen-bond acceptors (Lipinski definition) is 9. The number of carbonyl (C=O) groups is 3. The van der Waals surface area contributed by atoms with Gasteiger partial charge < -0.3 is 39.1 Å². The van der Waals surface area contributed by atoms with Crippen molar-refractivity contribution in [3.8, 4) is 28.1 Å². The zero-order valence-corrected chi connectivity index (χ0v) is 35.2. The van der Waals surface area contributed by atoms with Crippen LogP contribution < -0.4 is 10.1 Å². The summed E-state index contributed by atoms with van der Waals surface area (Å²) in [6.07, 6.45) is 3.06. The topological polar surface area (TPSA) is 164 Å². The van der Waals surface area contributed by atoms with Gasteiger partial charge in [-0.05, 0) is 91.8 Å². The second kappa shape index (κ2) is 15.9. The first kappa shape index (κ1) is 40.2. The SMILES string of the molecule is CC[C@H](C)[C@H](NC(=O)OC)C(=O)N1C[C@@H](C)CC1c1ncc(-c2ccc3c(c2)COc2cc4c(ccc5nc([C@@H]6C[C@H](COC)CN6C(=O)OC(C)(C)C)[nH]c54)cc2-3)[nH]1. The fraction of sp³-hybridized carbons (Fsp3) is 0.489. The van der Waals surface area contributed by atoms with Crippen LogP contribution in [0, 0.1) is 17.8 Å². The fourth-order valence-corrected chi connectivity index (χ4v) is 8.95. The lowest BCUT2D eigenvalue weighted by molar-refractivity contribution is -0.135. The third-order valence-corrected chi connectivity index (χ3v) is 12.1. The van der Waals surface area contributed by atoms with Gasteiger partial charge in [0.2, 0.25) is 5.91 Å². The van der Waals surface area contributed by atoms with Gasteiger partial charge in [0.1, 0.15) is 35.6 Å². The monoisotopic (exact) mass is 805 g/mol. The van der Waals surface area contributed by atoms with Crippen molar-refractivity contribution in [2.75, 3.05) is 33.9 Å². The number of nitrogens with one attached hydrogen (secondary N) is 3. The highest BCUT2D eigenvalue weighted by Gasteiger charge is 2.42. The van der Waals surface area contributed by atoms with Gasteiger partial charge in [-0.25, -0.2) is 19.6 Å². The van der Waals surface area contributed by atoms with E-state index in [-0.39, 0.29) is 41.8 Å². The molecule has 2 aromatic heterocycles. The molecule has 0 saturated carbocycles. The largest absolute Gasteiger partial charge is 0.488 e. The van der Waals surface area contributed by atoms with Crippen molar-refractivity contribution in [3.05, 3.63) is 65.9 Å². The predicted octanol–water partition coefficient (Wildman–Crippen LogP) is 8.29. The molecule has 0 bridgehead atoms. The zero-order chi connectivity index (χ0) is 41.7. The summed E-state index contributed by atoms with van der Waals surface area (Å²) in [5.74, 6) is 2.48. The quantitative estimate of drug-likeness (QED) is 0.133. The van der Waals surface area contributed by atoms with Gasteiger partial charge in [-0.2, -0.15) is 0 Å². The summed E-state index contributed by atoms with van der Waals surface area (Å²) in [6.45, 7) is 13.8. The Labute approximate surface area is 344 Å². The lowest BCUT2D eigenvalue weighted by Crippen LogP contribution is -2.51. The lowest BCUT2D eigenvalue weighted by Gasteiger charge is -2.30. The van der Waals surface area contributed by atoms with Crippen LogP contribution in [-0.4, -0.2) is 93.4 Å². The summed E-state index contributed by atoms with van der Waals surface area (Å²) in [4.78, 5) is 60.0. The molecule has 3 aromatic carbocycles. The molecule has 0 radical (unpaired) electrons. The first-order valence-corrected chi connectivity index (χ1v) is 20.7. The molecule has 1 unspecified atom stereocenters. The van der Waals surface area contributed by atoms with E-state index in [1.54, 1.807) is 12.0 Å². The average Bonchev–Trinajstić information content (AvgIpc) is 4.03. The molecular weight excluding hydrogens is 751 g/mol. The number of ether oxygens (including phenoxy) is 4. The number of likely N-dealkylation sites (tertiary alicyclic amines) is 2. The number of fused-ring (bicyclic) bond motifs is 6. The number of amides is 3. The summed E-state index contributed by atoms with van der Waals surface area (Å²) in [5, 5.41) is 4.81. The molecule has 312 valence electrons. The number of alkyl carbamates (subject to hydrolysis) is 1. The molecule has 3 amide bonds. The minimum absolute atomic E-state index is 0.0689. The van der Waals surface area contributed by atoms with Gasteiger partial charge in [0.05, 0.1) is 48.7 Å². The number of H-pyrrole nitrogens is 2. The van der Waals surface area contributed by atoms with Gasteiger partial charge >= 0.3 is 12.2 Å². The molecule has 59 heavy (non-hydrogen) atoms. The highest BCUT2D eigenvalue weighted by atomic mass is 16.6. The summed E-state index contributed by atoms with van der Waals surface area (Å²) < 4.78 is 22.5. The Hall–Kier alpha value is -5.63. The third kappa shape index (κ3) is 7.82. The molecule has 3 N–H and O–H groups in total. The Kier molecular flexibility index (Phi) is 10.8. The molecule has 3 aliphatic heterocycles. The molecule has 5 heterocycles. The summed E-state index contributed by atoms with van der Waals surface area (Å²) in [7, 11) is 2.99. The van der Waals surface area contributed by atoms with E-state index in [1.807, 2.05) is 51.8 Å². The van der Waals surface area contributed by atoms with E-state index in [9.17, 15) is 14.4 Å². The molecule has 5 aromatic rings. The summed E-state index contributed by atoms with van der Waals surface area (Å²) in [5.41, 5.74) is 6.08. The highest BCUT2D eigenvalue weighted by molar-refractivity contribution is 6.07. The number of carbonyl (C=O) groups excluding carboxylic acids is 3. The lowest BCUT2D eigenvalue weighted by atomic mass is 9.92. The normalized spacial score (nSPS) is 21.2. The van der Waals surface area contributed by atoms with Gasteiger partial charge in [0.25, 0.3) is 0 Å². The van der Waals surface area contributed by atoms with Gasteiger partial charge in [0.15, 0.2) is 0 Å². The van der Waals surface area contributed by atoms with E-state index in [1.165, 1.54) is 7.11 Å². The zero-order valence-electron chi connectivity index (χ0n) is 35.2. The van der Waals surface area contributed by atoms with Crippen LogP contribution in [0.1, 0.15) is 90.1 Å². The van der Waals surface area contributed by atoms with Crippen LogP contribution in [0.25, 0.3) is 44.2 Å². The second-order valence-corrected chi connectivity index (χ2v) is 17.5. The van der Waals surface area contributed by atoms with Crippen LogP contribution in [0.2, 0.25) is 0 Å². The van der Waals surface area contributed by atoms with Crippen LogP contribution in [0.5, 0.6) is 5.75 Å². The second-order valence-electron chi connectivity index (χ2n) is 17.5. The standard InChI is InChI=1S/C45H55N7O7/c1-9-25(3)38(50-43(54)57-8)42(53)51-20-24(2)14-35(51)40-46-19-34(48-40)28-10-12-30-29(16-28)23-58-37-18-31-27(17-32(30)37)11-13-33-39(31)49-41(47-33)36-15-26(22-56-7)21-52(36)44(55)59-45(4,5)6/h10-13,16-19,24-26,35-36,38H,9,14-15,20-23H2,1-8H3,(H,46,48)(H,47,49)(H,50,54)/t24-,25-,26-,35?,36-,38-/m0/s1. The van der Waals surface area contributed by atoms with Gasteiger partial charge in [-0.3, -0.25) is 9.69 Å². The van der Waals surface area contributed by atoms with E-state index in [0.29, 0.717) is 26.3 Å². The molecule has 14 nitrogen and oxygen atoms in total. The molecule has 3 aliphatic rings. The van der Waals surface area contributed by atoms with Crippen molar-refractivity contribution in [1.29, 1.82) is 0 Å². The van der Waals surface area contributed by atoms with Crippen LogP contribution in [0.3, 0.4) is 0 Å². The van der Waals surface area contributed by atoms with Crippen molar-refractivity contribution >= 4 is 39.9 Å². The maximum atomic E-state index is 13.9. The Balaban J connectivity index is 1.05. The van der Waals surface area contributed by atoms with Crippen molar-refractivity contribution in [1.82, 2.24) is 35.1 Å². The molecular formula is C45H55N7O7. The highest BCUT2D eigenvalue weighted by Crippen LogP contribution is 2.44. The number of nitrogens with zero attached hydrogens (tertiary/aromatic N) is 4. The number of aromatic amines is 2. The van der Waals surface area contributed by atoms with Crippen LogP contribution in [0.15, 0.2) is 48.7 Å². The van der Waals surface area contributed by atoms with Gasteiger partial charge in [0, 0.05) is 37.1 Å². The van der Waals surface area contributed by atoms with Gasteiger partial charge in [-0.1, -0.05) is 45.4 Å². The molecule has 14 heteroatoms. The third-order valence-electron chi connectivity index (χ3n) is 12.1. The first-order valence-electron chi connectivity index (χ1n) is 20.7. The Morgan fingerprint density at radius 2 is 1.78 bits per heavy atom.